The van der Waals surface area contributed by atoms with Crippen LogP contribution in [0.4, 0.5) is 0 Å². The Bertz CT molecular complexity index is 755. The molecule has 0 atom stereocenters. The molecule has 0 saturated heterocycles. The lowest BCUT2D eigenvalue weighted by Crippen LogP contribution is -2.20. The maximum atomic E-state index is 3.68. The summed E-state index contributed by atoms with van der Waals surface area (Å²) in [5.74, 6) is 0.664. The predicted molar refractivity (Wildman–Crippen MR) is 119 cm³/mol. The van der Waals surface area contributed by atoms with Gasteiger partial charge in [0, 0.05) is 0 Å². The Labute approximate surface area is 167 Å². The van der Waals surface area contributed by atoms with Crippen molar-refractivity contribution in [1.29, 1.82) is 0 Å². The first-order valence-corrected chi connectivity index (χ1v) is 10.8. The maximum Gasteiger partial charge on any atom is -0.0106 e. The second-order valence-corrected chi connectivity index (χ2v) is 10.6. The number of aryl methyl sites for hydroxylation is 1. The van der Waals surface area contributed by atoms with Gasteiger partial charge in [-0.25, -0.2) is 0 Å². The van der Waals surface area contributed by atoms with Gasteiger partial charge in [0.25, 0.3) is 0 Å². The summed E-state index contributed by atoms with van der Waals surface area (Å²) in [4.78, 5) is 0. The van der Waals surface area contributed by atoms with Gasteiger partial charge >= 0.3 is 0 Å². The summed E-state index contributed by atoms with van der Waals surface area (Å²) in [7, 11) is 0. The van der Waals surface area contributed by atoms with E-state index in [2.05, 4.69) is 84.9 Å². The van der Waals surface area contributed by atoms with Gasteiger partial charge < -0.3 is 0 Å². The molecule has 0 unspecified atom stereocenters. The number of hydrogen-bond acceptors (Lipinski definition) is 0. The van der Waals surface area contributed by atoms with Gasteiger partial charge in [-0.2, -0.15) is 0 Å². The summed E-state index contributed by atoms with van der Waals surface area (Å²) in [6.45, 7) is 16.4. The zero-order chi connectivity index (χ0) is 19.8. The number of benzene rings is 2. The van der Waals surface area contributed by atoms with Gasteiger partial charge in [0.05, 0.1) is 0 Å². The van der Waals surface area contributed by atoms with Crippen LogP contribution in [0.1, 0.15) is 102 Å². The third-order valence-corrected chi connectivity index (χ3v) is 6.07. The summed E-state index contributed by atoms with van der Waals surface area (Å²) >= 11 is 0. The summed E-state index contributed by atoms with van der Waals surface area (Å²) in [6, 6.07) is 15.2. The first kappa shape index (κ1) is 20.2. The molecule has 3 rings (SSSR count). The average molecular weight is 362 g/mol. The zero-order valence-electron chi connectivity index (χ0n) is 18.5. The van der Waals surface area contributed by atoms with Crippen molar-refractivity contribution in [2.75, 3.05) is 0 Å². The molecule has 0 nitrogen and oxygen atoms in total. The molecule has 1 fully saturated rings. The largest absolute Gasteiger partial charge is 0.0610 e. The lowest BCUT2D eigenvalue weighted by atomic mass is 9.71. The Morgan fingerprint density at radius 1 is 0.852 bits per heavy atom. The fraction of sp³-hybridized carbons (Fsp3) is 0.556. The van der Waals surface area contributed by atoms with Gasteiger partial charge in [-0.15, -0.1) is 0 Å². The van der Waals surface area contributed by atoms with Crippen LogP contribution in [0.15, 0.2) is 30.3 Å². The van der Waals surface area contributed by atoms with E-state index in [4.69, 9.17) is 0 Å². The second-order valence-electron chi connectivity index (χ2n) is 10.6. The Morgan fingerprint density at radius 2 is 1.41 bits per heavy atom. The van der Waals surface area contributed by atoms with Crippen molar-refractivity contribution in [1.82, 2.24) is 0 Å². The minimum Gasteiger partial charge on any atom is -0.0610 e. The van der Waals surface area contributed by atoms with E-state index in [9.17, 15) is 0 Å². The Balaban J connectivity index is 2.31. The first-order valence-electron chi connectivity index (χ1n) is 10.8. The van der Waals surface area contributed by atoms with Crippen LogP contribution in [0.2, 0.25) is 0 Å². The van der Waals surface area contributed by atoms with Crippen molar-refractivity contribution >= 4 is 0 Å². The lowest BCUT2D eigenvalue weighted by Gasteiger charge is -2.33. The Hall–Kier alpha value is -1.56. The zero-order valence-corrected chi connectivity index (χ0v) is 18.5. The van der Waals surface area contributed by atoms with Crippen molar-refractivity contribution in [3.05, 3.63) is 58.7 Å². The monoisotopic (exact) mass is 361 g/mol. The van der Waals surface area contributed by atoms with E-state index in [1.165, 1.54) is 65.5 Å². The second kappa shape index (κ2) is 7.46. The molecule has 0 amide bonds. The molecule has 27 heavy (non-hydrogen) atoms. The molecule has 1 saturated carbocycles. The smallest absolute Gasteiger partial charge is 0.0106 e. The van der Waals surface area contributed by atoms with E-state index in [0.29, 0.717) is 5.92 Å². The highest BCUT2D eigenvalue weighted by molar-refractivity contribution is 5.77. The molecule has 0 aliphatic heterocycles. The molecule has 0 heterocycles. The summed E-state index contributed by atoms with van der Waals surface area (Å²) in [5.41, 5.74) is 8.90. The van der Waals surface area contributed by atoms with Crippen LogP contribution < -0.4 is 0 Å². The lowest BCUT2D eigenvalue weighted by molar-refractivity contribution is 0.444. The van der Waals surface area contributed by atoms with Crippen molar-refractivity contribution in [2.45, 2.75) is 97.3 Å². The van der Waals surface area contributed by atoms with Crippen LogP contribution >= 0.6 is 0 Å². The molecule has 0 spiro atoms. The van der Waals surface area contributed by atoms with Crippen molar-refractivity contribution in [3.63, 3.8) is 0 Å². The van der Waals surface area contributed by atoms with Gasteiger partial charge in [0.15, 0.2) is 0 Å². The minimum atomic E-state index is 0.112. The average Bonchev–Trinajstić information content (AvgIpc) is 2.60. The van der Waals surface area contributed by atoms with E-state index < -0.39 is 0 Å². The van der Waals surface area contributed by atoms with Gasteiger partial charge in [-0.3, -0.25) is 0 Å². The Kier molecular flexibility index (Phi) is 5.57. The quantitative estimate of drug-likeness (QED) is 0.507. The van der Waals surface area contributed by atoms with Gasteiger partial charge in [0.1, 0.15) is 0 Å². The van der Waals surface area contributed by atoms with Crippen LogP contribution in [0.3, 0.4) is 0 Å². The fourth-order valence-corrected chi connectivity index (χ4v) is 4.66. The van der Waals surface area contributed by atoms with E-state index in [1.54, 1.807) is 0 Å². The van der Waals surface area contributed by atoms with Crippen LogP contribution in [0.5, 0.6) is 0 Å². The van der Waals surface area contributed by atoms with Crippen molar-refractivity contribution in [2.24, 2.45) is 0 Å². The molecule has 1 aliphatic carbocycles. The Morgan fingerprint density at radius 3 is 1.93 bits per heavy atom. The summed E-state index contributed by atoms with van der Waals surface area (Å²) in [5, 5.41) is 0. The molecule has 2 aromatic carbocycles. The third-order valence-electron chi connectivity index (χ3n) is 6.07. The molecule has 145 valence electrons. The maximum absolute atomic E-state index is 3.68. The molecule has 1 radical (unpaired) electrons. The predicted octanol–water partition coefficient (Wildman–Crippen LogP) is 8.10. The van der Waals surface area contributed by atoms with Crippen LogP contribution in [0, 0.1) is 13.0 Å². The van der Waals surface area contributed by atoms with E-state index >= 15 is 0 Å². The highest BCUT2D eigenvalue weighted by atomic mass is 14.3. The first-order chi connectivity index (χ1) is 12.6. The highest BCUT2D eigenvalue weighted by Crippen LogP contribution is 2.45. The van der Waals surface area contributed by atoms with Crippen molar-refractivity contribution < 1.29 is 0 Å². The fourth-order valence-electron chi connectivity index (χ4n) is 4.66. The molecular formula is C27H37. The molecule has 0 heteroatoms. The van der Waals surface area contributed by atoms with E-state index in [0.717, 1.165) is 0 Å². The molecule has 0 aromatic heterocycles. The van der Waals surface area contributed by atoms with Gasteiger partial charge in [0.2, 0.25) is 0 Å². The van der Waals surface area contributed by atoms with E-state index in [-0.39, 0.29) is 10.8 Å². The molecule has 2 aromatic rings. The molecule has 0 N–H and O–H groups in total. The summed E-state index contributed by atoms with van der Waals surface area (Å²) in [6.07, 6.45) is 6.74. The van der Waals surface area contributed by atoms with Crippen LogP contribution in [-0.4, -0.2) is 0 Å². The van der Waals surface area contributed by atoms with E-state index in [1.807, 2.05) is 0 Å². The standard InChI is InChI=1S/C27H37/c1-19-17-23(26(2,3)4)25(24(18-19)27(5,6)7)22-16-12-11-15-21(22)20-13-9-8-10-14-20/h11-12,16-18,20H,8-10,13-14H2,1-7H3. The van der Waals surface area contributed by atoms with Gasteiger partial charge in [-0.05, 0) is 70.4 Å². The normalized spacial score (nSPS) is 16.6. The highest BCUT2D eigenvalue weighted by Gasteiger charge is 2.29. The third kappa shape index (κ3) is 4.31. The van der Waals surface area contributed by atoms with Crippen LogP contribution in [-0.2, 0) is 10.8 Å². The number of rotatable bonds is 2. The number of hydrogen-bond donors (Lipinski definition) is 0. The summed E-state index contributed by atoms with van der Waals surface area (Å²) < 4.78 is 0. The minimum absolute atomic E-state index is 0.112. The molecule has 1 aliphatic rings. The van der Waals surface area contributed by atoms with Crippen LogP contribution in [0.25, 0.3) is 11.1 Å². The molecule has 0 bridgehead atoms. The SMILES string of the molecule is Cc1cc(C(C)(C)C)c(-c2ccc[c]c2C2CCCCC2)c(C(C)(C)C)c1. The topological polar surface area (TPSA) is 0 Å². The molecular weight excluding hydrogens is 324 g/mol. The van der Waals surface area contributed by atoms with Crippen molar-refractivity contribution in [3.8, 4) is 11.1 Å². The van der Waals surface area contributed by atoms with Gasteiger partial charge in [-0.1, -0.05) is 96.7 Å².